The van der Waals surface area contributed by atoms with Crippen LogP contribution in [-0.2, 0) is 0 Å². The number of carboxylic acid groups (broad SMARTS) is 1. The third kappa shape index (κ3) is 3.48. The molecule has 1 aromatic heterocycles. The molecule has 0 fully saturated rings. The lowest BCUT2D eigenvalue weighted by atomic mass is 10.0. The van der Waals surface area contributed by atoms with E-state index in [1.54, 1.807) is 0 Å². The van der Waals surface area contributed by atoms with Crippen molar-refractivity contribution < 1.29 is 14.6 Å². The van der Waals surface area contributed by atoms with Crippen LogP contribution in [0.5, 0.6) is 5.75 Å². The summed E-state index contributed by atoms with van der Waals surface area (Å²) in [6.07, 6.45) is 1.37. The molecule has 0 saturated heterocycles. The molecule has 1 aromatic carbocycles. The maximum Gasteiger partial charge on any atom is 0.356 e. The first kappa shape index (κ1) is 14.3. The van der Waals surface area contributed by atoms with Gasteiger partial charge in [0, 0.05) is 12.0 Å². The number of hydrogen-bond donors (Lipinski definition) is 1. The highest BCUT2D eigenvalue weighted by atomic mass is 35.5. The van der Waals surface area contributed by atoms with E-state index in [1.165, 1.54) is 17.8 Å². The van der Waals surface area contributed by atoms with Crippen molar-refractivity contribution in [2.24, 2.45) is 0 Å². The van der Waals surface area contributed by atoms with Gasteiger partial charge in [-0.15, -0.1) is 0 Å². The normalized spacial score (nSPS) is 11.9. The quantitative estimate of drug-likeness (QED) is 0.914. The first-order valence-electron chi connectivity index (χ1n) is 6.14. The lowest BCUT2D eigenvalue weighted by molar-refractivity contribution is 0.0690. The van der Waals surface area contributed by atoms with Gasteiger partial charge in [0.05, 0.1) is 17.8 Å². The lowest BCUT2D eigenvalue weighted by Gasteiger charge is -2.13. The van der Waals surface area contributed by atoms with Gasteiger partial charge in [-0.05, 0) is 5.56 Å². The van der Waals surface area contributed by atoms with Gasteiger partial charge in [0.2, 0.25) is 0 Å². The van der Waals surface area contributed by atoms with Gasteiger partial charge in [-0.2, -0.15) is 0 Å². The second-order valence-corrected chi connectivity index (χ2v) is 4.84. The number of carboxylic acids is 1. The van der Waals surface area contributed by atoms with Crippen molar-refractivity contribution in [1.29, 1.82) is 0 Å². The standard InChI is InChI=1S/C15H14ClNO3/c1-10(11-5-3-2-4-6-11)9-20-12-7-13(16)14(15(18)19)17-8-12/h2-8,10H,9H2,1H3,(H,18,19). The number of nitrogens with zero attached hydrogens (tertiary/aromatic N) is 1. The third-order valence-corrected chi connectivity index (χ3v) is 3.18. The molecule has 0 amide bonds. The summed E-state index contributed by atoms with van der Waals surface area (Å²) in [5.74, 6) is -0.476. The first-order chi connectivity index (χ1) is 9.58. The van der Waals surface area contributed by atoms with Crippen molar-refractivity contribution in [2.45, 2.75) is 12.8 Å². The van der Waals surface area contributed by atoms with Crippen LogP contribution in [0, 0.1) is 0 Å². The van der Waals surface area contributed by atoms with E-state index in [9.17, 15) is 4.79 Å². The minimum atomic E-state index is -1.15. The largest absolute Gasteiger partial charge is 0.491 e. The van der Waals surface area contributed by atoms with Crippen molar-refractivity contribution in [3.8, 4) is 5.75 Å². The van der Waals surface area contributed by atoms with E-state index in [0.29, 0.717) is 12.4 Å². The van der Waals surface area contributed by atoms with E-state index < -0.39 is 5.97 Å². The fourth-order valence-corrected chi connectivity index (χ4v) is 1.99. The van der Waals surface area contributed by atoms with Gasteiger partial charge in [0.25, 0.3) is 0 Å². The second kappa shape index (κ2) is 6.39. The number of halogens is 1. The average molecular weight is 292 g/mol. The van der Waals surface area contributed by atoms with E-state index in [4.69, 9.17) is 21.4 Å². The van der Waals surface area contributed by atoms with Crippen molar-refractivity contribution in [3.63, 3.8) is 0 Å². The Morgan fingerprint density at radius 2 is 2.10 bits per heavy atom. The smallest absolute Gasteiger partial charge is 0.356 e. The Labute approximate surface area is 122 Å². The zero-order valence-electron chi connectivity index (χ0n) is 10.9. The molecule has 0 radical (unpaired) electrons. The van der Waals surface area contributed by atoms with Crippen LogP contribution < -0.4 is 4.74 Å². The predicted molar refractivity (Wildman–Crippen MR) is 76.6 cm³/mol. The average Bonchev–Trinajstić information content (AvgIpc) is 2.45. The summed E-state index contributed by atoms with van der Waals surface area (Å²) in [5.41, 5.74) is 1.00. The number of aromatic nitrogens is 1. The Morgan fingerprint density at radius 1 is 1.40 bits per heavy atom. The molecule has 1 atom stereocenters. The summed E-state index contributed by atoms with van der Waals surface area (Å²) >= 11 is 5.83. The minimum Gasteiger partial charge on any atom is -0.491 e. The van der Waals surface area contributed by atoms with E-state index >= 15 is 0 Å². The molecule has 0 aliphatic carbocycles. The molecule has 2 aromatic rings. The van der Waals surface area contributed by atoms with E-state index in [0.717, 1.165) is 0 Å². The summed E-state index contributed by atoms with van der Waals surface area (Å²) < 4.78 is 5.60. The van der Waals surface area contributed by atoms with Crippen molar-refractivity contribution in [1.82, 2.24) is 4.98 Å². The molecule has 4 nitrogen and oxygen atoms in total. The SMILES string of the molecule is CC(COc1cnc(C(=O)O)c(Cl)c1)c1ccccc1. The molecule has 1 heterocycles. The van der Waals surface area contributed by atoms with E-state index in [-0.39, 0.29) is 16.6 Å². The minimum absolute atomic E-state index is 0.0716. The van der Waals surface area contributed by atoms with Crippen LogP contribution in [0.3, 0.4) is 0 Å². The Hall–Kier alpha value is -2.07. The Balaban J connectivity index is 2.01. The molecule has 0 bridgehead atoms. The van der Waals surface area contributed by atoms with Crippen molar-refractivity contribution >= 4 is 17.6 Å². The summed E-state index contributed by atoms with van der Waals surface area (Å²) in [7, 11) is 0. The van der Waals surface area contributed by atoms with E-state index in [1.807, 2.05) is 30.3 Å². The van der Waals surface area contributed by atoms with Gasteiger partial charge in [0.15, 0.2) is 5.69 Å². The number of ether oxygens (including phenoxy) is 1. The Morgan fingerprint density at radius 3 is 2.70 bits per heavy atom. The molecule has 20 heavy (non-hydrogen) atoms. The van der Waals surface area contributed by atoms with Crippen molar-refractivity contribution in [3.05, 3.63) is 58.9 Å². The van der Waals surface area contributed by atoms with Crippen LogP contribution in [0.15, 0.2) is 42.6 Å². The van der Waals surface area contributed by atoms with Gasteiger partial charge in [-0.3, -0.25) is 0 Å². The zero-order chi connectivity index (χ0) is 14.5. The number of pyridine rings is 1. The molecule has 1 N–H and O–H groups in total. The van der Waals surface area contributed by atoms with Crippen LogP contribution in [0.25, 0.3) is 0 Å². The molecule has 1 unspecified atom stereocenters. The van der Waals surface area contributed by atoms with Gasteiger partial charge < -0.3 is 9.84 Å². The third-order valence-electron chi connectivity index (χ3n) is 2.89. The van der Waals surface area contributed by atoms with Crippen LogP contribution in [0.4, 0.5) is 0 Å². The topological polar surface area (TPSA) is 59.4 Å². The van der Waals surface area contributed by atoms with Gasteiger partial charge in [0.1, 0.15) is 5.75 Å². The van der Waals surface area contributed by atoms with Gasteiger partial charge in [-0.1, -0.05) is 48.9 Å². The number of carbonyl (C=O) groups is 1. The molecular weight excluding hydrogens is 278 g/mol. The van der Waals surface area contributed by atoms with Crippen LogP contribution in [-0.4, -0.2) is 22.7 Å². The Kier molecular flexibility index (Phi) is 4.58. The second-order valence-electron chi connectivity index (χ2n) is 4.43. The Bertz CT molecular complexity index is 601. The van der Waals surface area contributed by atoms with Crippen molar-refractivity contribution in [2.75, 3.05) is 6.61 Å². The monoisotopic (exact) mass is 291 g/mol. The lowest BCUT2D eigenvalue weighted by Crippen LogP contribution is -2.08. The highest BCUT2D eigenvalue weighted by Crippen LogP contribution is 2.22. The molecule has 5 heteroatoms. The van der Waals surface area contributed by atoms with Gasteiger partial charge >= 0.3 is 5.97 Å². The molecular formula is C15H14ClNO3. The summed E-state index contributed by atoms with van der Waals surface area (Å²) in [4.78, 5) is 14.6. The van der Waals surface area contributed by atoms with Crippen LogP contribution in [0.2, 0.25) is 5.02 Å². The zero-order valence-corrected chi connectivity index (χ0v) is 11.7. The molecule has 0 aliphatic heterocycles. The molecule has 0 aliphatic rings. The number of benzene rings is 1. The molecule has 104 valence electrons. The van der Waals surface area contributed by atoms with E-state index in [2.05, 4.69) is 11.9 Å². The number of aromatic carboxylic acids is 1. The highest BCUT2D eigenvalue weighted by molar-refractivity contribution is 6.33. The highest BCUT2D eigenvalue weighted by Gasteiger charge is 2.12. The first-order valence-corrected chi connectivity index (χ1v) is 6.52. The maximum atomic E-state index is 10.8. The summed E-state index contributed by atoms with van der Waals surface area (Å²) in [5, 5.41) is 8.91. The summed E-state index contributed by atoms with van der Waals surface area (Å²) in [6.45, 7) is 2.52. The maximum absolute atomic E-state index is 10.8. The van der Waals surface area contributed by atoms with Crippen LogP contribution >= 0.6 is 11.6 Å². The molecule has 0 saturated carbocycles. The fraction of sp³-hybridized carbons (Fsp3) is 0.200. The number of rotatable bonds is 5. The molecule has 0 spiro atoms. The predicted octanol–water partition coefficient (Wildman–Crippen LogP) is 3.62. The fourth-order valence-electron chi connectivity index (χ4n) is 1.76. The summed E-state index contributed by atoms with van der Waals surface area (Å²) in [6, 6.07) is 11.5. The van der Waals surface area contributed by atoms with Crippen LogP contribution in [0.1, 0.15) is 28.9 Å². The van der Waals surface area contributed by atoms with Gasteiger partial charge in [-0.25, -0.2) is 9.78 Å². The molecule has 2 rings (SSSR count). The number of hydrogen-bond acceptors (Lipinski definition) is 3.